The highest BCUT2D eigenvalue weighted by Gasteiger charge is 2.35. The number of nitrogens with one attached hydrogen (secondary N) is 1. The minimum atomic E-state index is 0.0570. The molecule has 4 heteroatoms. The summed E-state index contributed by atoms with van der Waals surface area (Å²) < 4.78 is 0. The maximum atomic E-state index is 9.47. The van der Waals surface area contributed by atoms with Gasteiger partial charge in [-0.3, -0.25) is 9.88 Å². The number of pyridine rings is 1. The maximum absolute atomic E-state index is 9.47. The van der Waals surface area contributed by atoms with E-state index in [2.05, 4.69) is 35.1 Å². The summed E-state index contributed by atoms with van der Waals surface area (Å²) in [6.45, 7) is 7.24. The molecule has 0 bridgehead atoms. The van der Waals surface area contributed by atoms with Crippen LogP contribution in [0, 0.1) is 0 Å². The first-order valence-corrected chi connectivity index (χ1v) is 6.11. The molecule has 1 fully saturated rings. The SMILES string of the molecule is CC1(C)CNCC(CO)N1Cc1cccnc1. The number of aromatic nitrogens is 1. The maximum Gasteiger partial charge on any atom is 0.0599 e. The molecule has 0 amide bonds. The zero-order valence-electron chi connectivity index (χ0n) is 10.6. The highest BCUT2D eigenvalue weighted by molar-refractivity contribution is 5.10. The first-order chi connectivity index (χ1) is 8.13. The van der Waals surface area contributed by atoms with Crippen LogP contribution in [-0.2, 0) is 6.54 Å². The molecule has 1 atom stereocenters. The minimum absolute atomic E-state index is 0.0570. The molecule has 0 saturated carbocycles. The number of nitrogens with zero attached hydrogens (tertiary/aromatic N) is 2. The Morgan fingerprint density at radius 3 is 3.06 bits per heavy atom. The van der Waals surface area contributed by atoms with E-state index in [9.17, 15) is 5.11 Å². The zero-order chi connectivity index (χ0) is 12.3. The van der Waals surface area contributed by atoms with Gasteiger partial charge in [0.15, 0.2) is 0 Å². The molecular formula is C13H21N3O. The number of hydrogen-bond donors (Lipinski definition) is 2. The monoisotopic (exact) mass is 235 g/mol. The minimum Gasteiger partial charge on any atom is -0.395 e. The van der Waals surface area contributed by atoms with Crippen molar-refractivity contribution in [2.45, 2.75) is 32.0 Å². The molecule has 1 saturated heterocycles. The molecule has 4 nitrogen and oxygen atoms in total. The van der Waals surface area contributed by atoms with Crippen molar-refractivity contribution in [2.75, 3.05) is 19.7 Å². The predicted octanol–water partition coefficient (Wildman–Crippen LogP) is 0.626. The molecule has 0 aliphatic carbocycles. The molecule has 17 heavy (non-hydrogen) atoms. The third-order valence-corrected chi connectivity index (χ3v) is 3.44. The van der Waals surface area contributed by atoms with Crippen LogP contribution in [0.25, 0.3) is 0 Å². The average molecular weight is 235 g/mol. The van der Waals surface area contributed by atoms with Gasteiger partial charge in [-0.2, -0.15) is 0 Å². The van der Waals surface area contributed by atoms with Gasteiger partial charge in [-0.15, -0.1) is 0 Å². The Morgan fingerprint density at radius 1 is 1.59 bits per heavy atom. The van der Waals surface area contributed by atoms with Crippen LogP contribution in [0.15, 0.2) is 24.5 Å². The van der Waals surface area contributed by atoms with Crippen LogP contribution in [0.2, 0.25) is 0 Å². The normalized spacial score (nSPS) is 24.8. The Balaban J connectivity index is 2.15. The number of rotatable bonds is 3. The van der Waals surface area contributed by atoms with Crippen molar-refractivity contribution < 1.29 is 5.11 Å². The Morgan fingerprint density at radius 2 is 2.41 bits per heavy atom. The van der Waals surface area contributed by atoms with E-state index >= 15 is 0 Å². The van der Waals surface area contributed by atoms with Crippen LogP contribution >= 0.6 is 0 Å². The number of hydrogen-bond acceptors (Lipinski definition) is 4. The second kappa shape index (κ2) is 5.12. The van der Waals surface area contributed by atoms with Crippen LogP contribution in [-0.4, -0.2) is 46.3 Å². The highest BCUT2D eigenvalue weighted by atomic mass is 16.3. The molecule has 2 N–H and O–H groups in total. The number of aliphatic hydroxyl groups excluding tert-OH is 1. The molecule has 94 valence electrons. The summed E-state index contributed by atoms with van der Waals surface area (Å²) in [6, 6.07) is 4.22. The van der Waals surface area contributed by atoms with Crippen molar-refractivity contribution in [3.63, 3.8) is 0 Å². The Labute approximate surface area is 103 Å². The predicted molar refractivity (Wildman–Crippen MR) is 67.6 cm³/mol. The van der Waals surface area contributed by atoms with Crippen molar-refractivity contribution in [1.82, 2.24) is 15.2 Å². The summed E-state index contributed by atoms with van der Waals surface area (Å²) >= 11 is 0. The summed E-state index contributed by atoms with van der Waals surface area (Å²) in [5, 5.41) is 12.8. The van der Waals surface area contributed by atoms with Crippen molar-refractivity contribution in [1.29, 1.82) is 0 Å². The van der Waals surface area contributed by atoms with Gasteiger partial charge in [-0.1, -0.05) is 6.07 Å². The topological polar surface area (TPSA) is 48.4 Å². The van der Waals surface area contributed by atoms with Gasteiger partial charge in [0, 0.05) is 43.6 Å². The first-order valence-electron chi connectivity index (χ1n) is 6.11. The number of aliphatic hydroxyl groups is 1. The van der Waals surface area contributed by atoms with E-state index in [1.807, 2.05) is 12.3 Å². The quantitative estimate of drug-likeness (QED) is 0.806. The van der Waals surface area contributed by atoms with E-state index < -0.39 is 0 Å². The summed E-state index contributed by atoms with van der Waals surface area (Å²) in [5.41, 5.74) is 1.25. The lowest BCUT2D eigenvalue weighted by Crippen LogP contribution is -2.63. The van der Waals surface area contributed by atoms with Gasteiger partial charge in [0.05, 0.1) is 6.61 Å². The molecule has 1 aliphatic rings. The van der Waals surface area contributed by atoms with Gasteiger partial charge < -0.3 is 10.4 Å². The molecule has 2 heterocycles. The Kier molecular flexibility index (Phi) is 3.76. The lowest BCUT2D eigenvalue weighted by atomic mass is 9.95. The summed E-state index contributed by atoms with van der Waals surface area (Å²) in [6.07, 6.45) is 3.68. The lowest BCUT2D eigenvalue weighted by Gasteiger charge is -2.47. The summed E-state index contributed by atoms with van der Waals surface area (Å²) in [7, 11) is 0. The van der Waals surface area contributed by atoms with Crippen LogP contribution in [0.4, 0.5) is 0 Å². The van der Waals surface area contributed by atoms with Crippen molar-refractivity contribution in [2.24, 2.45) is 0 Å². The highest BCUT2D eigenvalue weighted by Crippen LogP contribution is 2.23. The summed E-state index contributed by atoms with van der Waals surface area (Å²) in [5.74, 6) is 0. The second-order valence-corrected chi connectivity index (χ2v) is 5.27. The zero-order valence-corrected chi connectivity index (χ0v) is 10.6. The second-order valence-electron chi connectivity index (χ2n) is 5.27. The fraction of sp³-hybridized carbons (Fsp3) is 0.615. The van der Waals surface area contributed by atoms with E-state index in [1.165, 1.54) is 5.56 Å². The number of piperazine rings is 1. The summed E-state index contributed by atoms with van der Waals surface area (Å²) in [4.78, 5) is 6.51. The molecule has 2 rings (SSSR count). The molecule has 1 aromatic heterocycles. The van der Waals surface area contributed by atoms with Crippen molar-refractivity contribution >= 4 is 0 Å². The molecule has 0 radical (unpaired) electrons. The smallest absolute Gasteiger partial charge is 0.0599 e. The Hall–Kier alpha value is -0.970. The van der Waals surface area contributed by atoms with Gasteiger partial charge in [-0.25, -0.2) is 0 Å². The van der Waals surface area contributed by atoms with Crippen LogP contribution in [0.1, 0.15) is 19.4 Å². The first kappa shape index (κ1) is 12.5. The largest absolute Gasteiger partial charge is 0.395 e. The Bertz CT molecular complexity index is 353. The van der Waals surface area contributed by atoms with E-state index in [0.717, 1.165) is 19.6 Å². The van der Waals surface area contributed by atoms with Gasteiger partial charge in [0.2, 0.25) is 0 Å². The van der Waals surface area contributed by atoms with E-state index in [0.29, 0.717) is 0 Å². The van der Waals surface area contributed by atoms with Crippen molar-refractivity contribution in [3.05, 3.63) is 30.1 Å². The lowest BCUT2D eigenvalue weighted by molar-refractivity contribution is 0.00264. The van der Waals surface area contributed by atoms with Gasteiger partial charge in [-0.05, 0) is 25.5 Å². The third kappa shape index (κ3) is 2.83. The van der Waals surface area contributed by atoms with E-state index in [4.69, 9.17) is 0 Å². The molecule has 0 spiro atoms. The molecule has 1 unspecified atom stereocenters. The molecule has 1 aliphatic heterocycles. The van der Waals surface area contributed by atoms with Gasteiger partial charge >= 0.3 is 0 Å². The van der Waals surface area contributed by atoms with Gasteiger partial charge in [0.25, 0.3) is 0 Å². The van der Waals surface area contributed by atoms with Gasteiger partial charge in [0.1, 0.15) is 0 Å². The standard InChI is InChI=1S/C13H21N3O/c1-13(2)10-15-7-12(9-17)16(13)8-11-4-3-5-14-6-11/h3-6,12,15,17H,7-10H2,1-2H3. The van der Waals surface area contributed by atoms with Crippen LogP contribution in [0.3, 0.4) is 0 Å². The molecule has 0 aromatic carbocycles. The fourth-order valence-corrected chi connectivity index (χ4v) is 2.45. The molecular weight excluding hydrogens is 214 g/mol. The van der Waals surface area contributed by atoms with Crippen molar-refractivity contribution in [3.8, 4) is 0 Å². The molecule has 1 aromatic rings. The average Bonchev–Trinajstić information content (AvgIpc) is 2.33. The van der Waals surface area contributed by atoms with E-state index in [-0.39, 0.29) is 18.2 Å². The van der Waals surface area contributed by atoms with Crippen LogP contribution in [0.5, 0.6) is 0 Å². The fourth-order valence-electron chi connectivity index (χ4n) is 2.45. The van der Waals surface area contributed by atoms with E-state index in [1.54, 1.807) is 6.20 Å². The van der Waals surface area contributed by atoms with Crippen LogP contribution < -0.4 is 5.32 Å². The third-order valence-electron chi connectivity index (χ3n) is 3.44.